The third kappa shape index (κ3) is 22.6. The largest absolute Gasteiger partial charge is 0.493 e. The van der Waals surface area contributed by atoms with Crippen LogP contribution in [0.4, 0.5) is 64.0 Å². The minimum absolute atomic E-state index is 0.0104. The molecule has 37 nitrogen and oxygen atoms in total. The number of carboxylic acid groups (broad SMARTS) is 1. The molecule has 0 fully saturated rings. The van der Waals surface area contributed by atoms with Gasteiger partial charge < -0.3 is 105 Å². The van der Waals surface area contributed by atoms with E-state index in [1.807, 2.05) is 0 Å². The van der Waals surface area contributed by atoms with Gasteiger partial charge >= 0.3 is 12.0 Å². The van der Waals surface area contributed by atoms with Gasteiger partial charge in [0.1, 0.15) is 16.7 Å². The van der Waals surface area contributed by atoms with Crippen molar-refractivity contribution in [2.45, 2.75) is 0 Å². The first-order valence-corrected chi connectivity index (χ1v) is 28.2. The number of carboxylic acids is 1. The lowest BCUT2D eigenvalue weighted by Gasteiger charge is -2.14. The van der Waals surface area contributed by atoms with E-state index in [1.54, 1.807) is 12.1 Å². The minimum Gasteiger partial charge on any atom is -0.493 e. The van der Waals surface area contributed by atoms with E-state index in [0.717, 1.165) is 39.5 Å². The molecule has 0 heterocycles. The first-order chi connectivity index (χ1) is 50.4. The van der Waals surface area contributed by atoms with Gasteiger partial charge in [0.25, 0.3) is 34.8 Å². The van der Waals surface area contributed by atoms with Crippen LogP contribution in [-0.4, -0.2) is 162 Å². The van der Waals surface area contributed by atoms with E-state index < -0.39 is 142 Å². The number of nitrogens with two attached hydrogens (primary N) is 5. The summed E-state index contributed by atoms with van der Waals surface area (Å²) in [5.74, 6) is -13.2. The average molecular weight is 1530 g/mol. The van der Waals surface area contributed by atoms with Gasteiger partial charge in [-0.1, -0.05) is 6.07 Å². The van der Waals surface area contributed by atoms with Crippen LogP contribution in [0.25, 0.3) is 0 Å². The van der Waals surface area contributed by atoms with E-state index in [1.165, 1.54) is 109 Å². The predicted molar refractivity (Wildman–Crippen MR) is 357 cm³/mol. The van der Waals surface area contributed by atoms with Crippen molar-refractivity contribution >= 4 is 70.7 Å². The van der Waals surface area contributed by atoms with Gasteiger partial charge in [-0.15, -0.1) is 0 Å². The number of ether oxygens (including phenoxy) is 14. The molecular formula is C63H66F7N9O28. The predicted octanol–water partition coefficient (Wildman–Crippen LogP) is 8.32. The maximum absolute atomic E-state index is 14.0. The third-order valence-corrected chi connectivity index (χ3v) is 13.0. The molecule has 580 valence electrons. The van der Waals surface area contributed by atoms with Crippen molar-refractivity contribution in [2.75, 3.05) is 111 Å². The molecule has 107 heavy (non-hydrogen) atoms. The van der Waals surface area contributed by atoms with Gasteiger partial charge in [-0.05, 0) is 24.3 Å². The number of hydrogen-bond donors (Lipinski definition) is 7. The van der Waals surface area contributed by atoms with E-state index in [9.17, 15) is 94.6 Å². The number of anilines is 2. The van der Waals surface area contributed by atoms with Crippen molar-refractivity contribution in [3.05, 3.63) is 165 Å². The summed E-state index contributed by atoms with van der Waals surface area (Å²) in [7, 11) is 17.6. The first-order valence-electron chi connectivity index (χ1n) is 28.2. The molecule has 0 aliphatic rings. The van der Waals surface area contributed by atoms with Crippen LogP contribution in [0.15, 0.2) is 60.7 Å². The van der Waals surface area contributed by atoms with Crippen molar-refractivity contribution in [3.63, 3.8) is 0 Å². The summed E-state index contributed by atoms with van der Waals surface area (Å²) in [6, 6.07) is 11.5. The van der Waals surface area contributed by atoms with Gasteiger partial charge in [-0.3, -0.25) is 54.3 Å². The van der Waals surface area contributed by atoms with Gasteiger partial charge in [-0.2, -0.15) is 0 Å². The number of amides is 5. The fraction of sp³-hybridized carbons (Fsp3) is 0.222. The number of carbonyl (C=O) groups excluding carboxylic acids is 6. The number of aldehydes is 2. The summed E-state index contributed by atoms with van der Waals surface area (Å²) in [5.41, 5.74) is 19.1. The molecule has 0 atom stereocenters. The molecule has 0 spiro atoms. The molecule has 0 aliphatic carbocycles. The monoisotopic (exact) mass is 1530 g/mol. The van der Waals surface area contributed by atoms with Crippen LogP contribution in [0, 0.1) is 71.1 Å². The number of rotatable bonds is 24. The fourth-order valence-electron chi connectivity index (χ4n) is 8.30. The van der Waals surface area contributed by atoms with Gasteiger partial charge in [0.05, 0.1) is 149 Å². The number of nitrogen functional groups attached to an aromatic ring is 1. The van der Waals surface area contributed by atoms with E-state index >= 15 is 0 Å². The molecule has 0 unspecified atom stereocenters. The van der Waals surface area contributed by atoms with Gasteiger partial charge in [0.2, 0.25) is 0 Å². The molecule has 5 amide bonds. The summed E-state index contributed by atoms with van der Waals surface area (Å²) >= 11 is 0. The number of halogens is 7. The second-order valence-electron chi connectivity index (χ2n) is 18.8. The number of aromatic carboxylic acids is 1. The summed E-state index contributed by atoms with van der Waals surface area (Å²) in [5, 5.41) is 42.7. The molecule has 0 saturated carbocycles. The zero-order valence-electron chi connectivity index (χ0n) is 58.3. The van der Waals surface area contributed by atoms with E-state index in [4.69, 9.17) is 81.1 Å². The Morgan fingerprint density at radius 3 is 1.06 bits per heavy atom. The molecule has 0 radical (unpaired) electrons. The van der Waals surface area contributed by atoms with E-state index in [2.05, 4.69) is 24.3 Å². The highest BCUT2D eigenvalue weighted by Crippen LogP contribution is 2.42. The zero-order chi connectivity index (χ0) is 82.2. The lowest BCUT2D eigenvalue weighted by Crippen LogP contribution is -2.24. The van der Waals surface area contributed by atoms with Crippen molar-refractivity contribution in [3.8, 4) is 80.5 Å². The van der Waals surface area contributed by atoms with Crippen LogP contribution >= 0.6 is 0 Å². The van der Waals surface area contributed by atoms with Crippen LogP contribution in [0.1, 0.15) is 62.1 Å². The van der Waals surface area contributed by atoms with E-state index in [-0.39, 0.29) is 86.5 Å². The summed E-state index contributed by atoms with van der Waals surface area (Å²) in [6.07, 6.45) is 0.493. The zero-order valence-corrected chi connectivity index (χ0v) is 58.3. The Bertz CT molecular complexity index is 4350. The van der Waals surface area contributed by atoms with Crippen LogP contribution in [0.2, 0.25) is 0 Å². The Kier molecular flexibility index (Phi) is 36.4. The number of benzene rings is 7. The Hall–Kier alpha value is -14.3. The SMILES string of the molecule is COc1cc(N)c(C(N)=O)c(F)c1OC.COc1cc(NC(N)=O)c(C(N)=O)c(F)c1OC.COc1cc([N+](=O)[O-])c(C(=O)O)c(F)c1OC.COc1cc([N+](=O)[O-])c(C(N)=O)c(F)c1OC.COc1cc([N+](=O)[O-])c(C=O)c(F)c1OC.COc1ccc(C=O)c(F)c1OC.COc1cccc(F)c1OC. The Labute approximate surface area is 598 Å². The standard InChI is InChI=1S/C10H12FN3O4.C9H9FN2O5.C9H11FN2O3.C9H8FNO6.C9H8FNO5.C9H9FO3.C8H9FO2/c1-17-5-3-4(14-10(13)16)6(9(12)15)7(11)8(5)18-2;1-16-5-3-4(12(14)15)6(9(11)13)7(10)8(5)17-2;1-14-5-3-4(11)6(9(12)13)7(10)8(5)15-2;1-16-5-3-4(11(14)15)6(9(12)13)7(10)8(5)17-2;1-15-7-3-6(11(13)14)5(4-12)8(10)9(7)16-2;1-12-7-4-3-6(5-11)8(10)9(7)13-2;1-10-7-5-3-4-6(9)8(7)11-2/h3H,1-2H3,(H2,12,15)(H3,13,14,16);3H,1-2H3,(H2,11,13);3H,11H2,1-2H3,(H2,12,13);3H,1-2H3,(H,12,13);3-4H,1-2H3;3-5H,1-2H3;3-5H,1-2H3. The summed E-state index contributed by atoms with van der Waals surface area (Å²) in [4.78, 5) is 105. The van der Waals surface area contributed by atoms with Gasteiger partial charge in [-0.25, -0.2) is 40.3 Å². The number of hydrogen-bond acceptors (Lipinski definition) is 28. The maximum atomic E-state index is 14.0. The second kappa shape index (κ2) is 42.9. The van der Waals surface area contributed by atoms with Crippen LogP contribution in [0.5, 0.6) is 80.5 Å². The highest BCUT2D eigenvalue weighted by molar-refractivity contribution is 6.04. The van der Waals surface area contributed by atoms with Crippen molar-refractivity contribution < 1.29 is 150 Å². The lowest BCUT2D eigenvalue weighted by atomic mass is 10.1. The second-order valence-corrected chi connectivity index (χ2v) is 18.8. The Balaban J connectivity index is 0.000000627. The van der Waals surface area contributed by atoms with E-state index in [0.29, 0.717) is 12.0 Å². The number of para-hydroxylation sites is 1. The lowest BCUT2D eigenvalue weighted by molar-refractivity contribution is -0.385. The highest BCUT2D eigenvalue weighted by Gasteiger charge is 2.33. The maximum Gasteiger partial charge on any atom is 0.345 e. The van der Waals surface area contributed by atoms with Crippen LogP contribution in [0.3, 0.4) is 0 Å². The van der Waals surface area contributed by atoms with Crippen molar-refractivity contribution in [1.29, 1.82) is 0 Å². The average Bonchev–Trinajstić information content (AvgIpc) is 0.806. The molecule has 7 aromatic rings. The molecule has 0 bridgehead atoms. The third-order valence-electron chi connectivity index (χ3n) is 13.0. The number of nitrogens with one attached hydrogen (secondary N) is 1. The number of methoxy groups -OCH3 is 14. The summed E-state index contributed by atoms with van der Waals surface area (Å²) in [6.45, 7) is 0. The van der Waals surface area contributed by atoms with Crippen molar-refractivity contribution in [2.24, 2.45) is 22.9 Å². The number of nitro groups is 3. The molecule has 0 aromatic heterocycles. The molecule has 0 saturated heterocycles. The smallest absolute Gasteiger partial charge is 0.345 e. The number of nitrogens with zero attached hydrogens (tertiary/aromatic N) is 3. The number of primary amides is 4. The van der Waals surface area contributed by atoms with Crippen LogP contribution in [-0.2, 0) is 0 Å². The molecule has 44 heteroatoms. The fourth-order valence-corrected chi connectivity index (χ4v) is 8.30. The number of carbonyl (C=O) groups is 7. The molecular weight excluding hydrogens is 1460 g/mol. The van der Waals surface area contributed by atoms with Gasteiger partial charge in [0, 0.05) is 12.1 Å². The van der Waals surface area contributed by atoms with Gasteiger partial charge in [0.15, 0.2) is 145 Å². The summed E-state index contributed by atoms with van der Waals surface area (Å²) < 4.78 is 161. The quantitative estimate of drug-likeness (QED) is 0.00982. The molecule has 7 aromatic carbocycles. The molecule has 0 aliphatic heterocycles. The molecule has 12 N–H and O–H groups in total. The van der Waals surface area contributed by atoms with Crippen LogP contribution < -0.4 is 100 Å². The normalized spacial score (nSPS) is 9.69. The number of urea groups is 1. The Morgan fingerprint density at radius 2 is 0.720 bits per heavy atom. The first kappa shape index (κ1) is 90.8. The molecule has 7 rings (SSSR count). The topological polar surface area (TPSA) is 540 Å². The number of nitro benzene ring substituents is 3. The Morgan fingerprint density at radius 1 is 0.393 bits per heavy atom. The minimum atomic E-state index is -1.75. The van der Waals surface area contributed by atoms with Crippen molar-refractivity contribution in [1.82, 2.24) is 0 Å². The highest BCUT2D eigenvalue weighted by atomic mass is 19.2.